The largest absolute Gasteiger partial charge is 0.492 e. The van der Waals surface area contributed by atoms with Crippen molar-refractivity contribution in [2.24, 2.45) is 5.41 Å². The molecule has 1 aliphatic carbocycles. The van der Waals surface area contributed by atoms with Crippen molar-refractivity contribution in [2.45, 2.75) is 46.2 Å². The number of hydrogen-bond acceptors (Lipinski definition) is 7. The van der Waals surface area contributed by atoms with Crippen LogP contribution in [0.2, 0.25) is 0 Å². The minimum atomic E-state index is -0.583. The SMILES string of the molecule is CC(C)(C)Cn1c(=O)c(C(=O)NC2CC2)c(O)n2nc(Nc3ccncn3)cc12. The van der Waals surface area contributed by atoms with Crippen LogP contribution in [0.1, 0.15) is 44.0 Å². The van der Waals surface area contributed by atoms with Crippen molar-refractivity contribution < 1.29 is 9.90 Å². The summed E-state index contributed by atoms with van der Waals surface area (Å²) in [6, 6.07) is 3.36. The molecule has 3 aromatic rings. The predicted molar refractivity (Wildman–Crippen MR) is 106 cm³/mol. The van der Waals surface area contributed by atoms with Gasteiger partial charge in [-0.15, -0.1) is 5.10 Å². The number of nitrogens with zero attached hydrogens (tertiary/aromatic N) is 5. The summed E-state index contributed by atoms with van der Waals surface area (Å²) >= 11 is 0. The zero-order chi connectivity index (χ0) is 20.8. The maximum absolute atomic E-state index is 13.2. The van der Waals surface area contributed by atoms with Crippen LogP contribution in [0, 0.1) is 5.41 Å². The molecule has 1 saturated carbocycles. The zero-order valence-corrected chi connectivity index (χ0v) is 16.5. The number of aromatic nitrogens is 5. The molecule has 29 heavy (non-hydrogen) atoms. The summed E-state index contributed by atoms with van der Waals surface area (Å²) in [6.45, 7) is 6.31. The van der Waals surface area contributed by atoms with E-state index in [1.807, 2.05) is 20.8 Å². The van der Waals surface area contributed by atoms with Gasteiger partial charge in [-0.1, -0.05) is 20.8 Å². The summed E-state index contributed by atoms with van der Waals surface area (Å²) in [6.07, 6.45) is 4.73. The molecule has 1 amide bonds. The Balaban J connectivity index is 1.85. The predicted octanol–water partition coefficient (Wildman–Crippen LogP) is 1.67. The van der Waals surface area contributed by atoms with Crippen LogP contribution < -0.4 is 16.2 Å². The fourth-order valence-corrected chi connectivity index (χ4v) is 3.03. The van der Waals surface area contributed by atoms with Gasteiger partial charge >= 0.3 is 0 Å². The van der Waals surface area contributed by atoms with Crippen molar-refractivity contribution in [3.05, 3.63) is 40.6 Å². The molecular formula is C19H23N7O3. The van der Waals surface area contributed by atoms with Crippen molar-refractivity contribution in [3.8, 4) is 5.88 Å². The quantitative estimate of drug-likeness (QED) is 0.598. The summed E-state index contributed by atoms with van der Waals surface area (Å²) in [7, 11) is 0. The van der Waals surface area contributed by atoms with Gasteiger partial charge in [0.2, 0.25) is 5.88 Å². The molecule has 152 valence electrons. The fraction of sp³-hybridized carbons (Fsp3) is 0.421. The van der Waals surface area contributed by atoms with Crippen LogP contribution in [0.4, 0.5) is 11.6 Å². The summed E-state index contributed by atoms with van der Waals surface area (Å²) in [5.74, 6) is -0.176. The van der Waals surface area contributed by atoms with Crippen molar-refractivity contribution in [1.29, 1.82) is 0 Å². The van der Waals surface area contributed by atoms with E-state index in [4.69, 9.17) is 0 Å². The van der Waals surface area contributed by atoms with E-state index in [9.17, 15) is 14.7 Å². The minimum absolute atomic E-state index is 0.0562. The summed E-state index contributed by atoms with van der Waals surface area (Å²) in [4.78, 5) is 33.7. The van der Waals surface area contributed by atoms with Gasteiger partial charge in [-0.05, 0) is 24.3 Å². The van der Waals surface area contributed by atoms with Gasteiger partial charge in [-0.3, -0.25) is 14.2 Å². The second-order valence-electron chi connectivity index (χ2n) is 8.42. The van der Waals surface area contributed by atoms with E-state index in [1.54, 1.807) is 18.3 Å². The number of carbonyl (C=O) groups excluding carboxylic acids is 1. The molecule has 0 atom stereocenters. The number of nitrogens with one attached hydrogen (secondary N) is 2. The smallest absolute Gasteiger partial charge is 0.270 e. The van der Waals surface area contributed by atoms with Gasteiger partial charge in [0.1, 0.15) is 17.8 Å². The molecule has 0 spiro atoms. The molecule has 3 N–H and O–H groups in total. The standard InChI is InChI=1S/C19H23N7O3/c1-19(2,3)9-25-14-8-13(23-12-6-7-20-10-21-12)24-26(14)18(29)15(17(25)28)16(27)22-11-4-5-11/h6-8,10-11,29H,4-5,9H2,1-3H3,(H,22,27)(H,20,21,23,24). The number of rotatable bonds is 5. The summed E-state index contributed by atoms with van der Waals surface area (Å²) < 4.78 is 2.68. The number of anilines is 2. The minimum Gasteiger partial charge on any atom is -0.492 e. The topological polar surface area (TPSA) is 126 Å². The maximum atomic E-state index is 13.2. The Labute approximate surface area is 166 Å². The Hall–Kier alpha value is -3.43. The van der Waals surface area contributed by atoms with Gasteiger partial charge in [0.25, 0.3) is 11.5 Å². The molecule has 0 radical (unpaired) electrons. The first-order chi connectivity index (χ1) is 13.7. The van der Waals surface area contributed by atoms with E-state index in [0.29, 0.717) is 23.8 Å². The first-order valence-corrected chi connectivity index (χ1v) is 9.42. The number of aromatic hydroxyl groups is 1. The number of amides is 1. The van der Waals surface area contributed by atoms with Crippen LogP contribution in [-0.4, -0.2) is 41.2 Å². The van der Waals surface area contributed by atoms with Crippen LogP contribution in [0.15, 0.2) is 29.5 Å². The summed E-state index contributed by atoms with van der Waals surface area (Å²) in [5.41, 5.74) is -0.709. The van der Waals surface area contributed by atoms with Crippen LogP contribution in [0.5, 0.6) is 5.88 Å². The Morgan fingerprint density at radius 1 is 1.31 bits per heavy atom. The molecule has 0 bridgehead atoms. The molecule has 0 saturated heterocycles. The van der Waals surface area contributed by atoms with E-state index in [0.717, 1.165) is 12.8 Å². The van der Waals surface area contributed by atoms with Crippen molar-refractivity contribution in [2.75, 3.05) is 5.32 Å². The van der Waals surface area contributed by atoms with Gasteiger partial charge in [0, 0.05) is 24.8 Å². The fourth-order valence-electron chi connectivity index (χ4n) is 3.03. The third-order valence-corrected chi connectivity index (χ3v) is 4.46. The number of fused-ring (bicyclic) bond motifs is 1. The highest BCUT2D eigenvalue weighted by atomic mass is 16.3. The highest BCUT2D eigenvalue weighted by Gasteiger charge is 2.30. The third kappa shape index (κ3) is 3.91. The Morgan fingerprint density at radius 3 is 2.69 bits per heavy atom. The van der Waals surface area contributed by atoms with Gasteiger partial charge in [0.15, 0.2) is 11.4 Å². The number of hydrogen-bond donors (Lipinski definition) is 3. The van der Waals surface area contributed by atoms with Crippen LogP contribution in [0.3, 0.4) is 0 Å². The first kappa shape index (κ1) is 18.9. The maximum Gasteiger partial charge on any atom is 0.270 e. The highest BCUT2D eigenvalue weighted by Crippen LogP contribution is 2.25. The molecule has 1 fully saturated rings. The van der Waals surface area contributed by atoms with Gasteiger partial charge in [0.05, 0.1) is 0 Å². The summed E-state index contributed by atoms with van der Waals surface area (Å²) in [5, 5.41) is 20.8. The molecule has 10 nitrogen and oxygen atoms in total. The monoisotopic (exact) mass is 397 g/mol. The van der Waals surface area contributed by atoms with E-state index in [-0.39, 0.29) is 17.0 Å². The van der Waals surface area contributed by atoms with E-state index in [1.165, 1.54) is 15.4 Å². The molecule has 0 unspecified atom stereocenters. The molecule has 3 aromatic heterocycles. The lowest BCUT2D eigenvalue weighted by atomic mass is 9.97. The second kappa shape index (κ2) is 6.87. The molecule has 4 rings (SSSR count). The molecule has 3 heterocycles. The molecular weight excluding hydrogens is 374 g/mol. The third-order valence-electron chi connectivity index (χ3n) is 4.46. The normalized spacial score (nSPS) is 14.2. The Kier molecular flexibility index (Phi) is 4.48. The average Bonchev–Trinajstić information content (AvgIpc) is 3.35. The van der Waals surface area contributed by atoms with Crippen LogP contribution >= 0.6 is 0 Å². The van der Waals surface area contributed by atoms with Gasteiger partial charge < -0.3 is 15.7 Å². The van der Waals surface area contributed by atoms with Crippen LogP contribution in [-0.2, 0) is 6.54 Å². The van der Waals surface area contributed by atoms with E-state index >= 15 is 0 Å². The highest BCUT2D eigenvalue weighted by molar-refractivity contribution is 5.96. The van der Waals surface area contributed by atoms with E-state index in [2.05, 4.69) is 25.7 Å². The van der Waals surface area contributed by atoms with Crippen molar-refractivity contribution in [1.82, 2.24) is 29.5 Å². The lowest BCUT2D eigenvalue weighted by Crippen LogP contribution is -2.37. The average molecular weight is 397 g/mol. The molecule has 10 heteroatoms. The van der Waals surface area contributed by atoms with Gasteiger partial charge in [-0.25, -0.2) is 9.97 Å². The Bertz CT molecular complexity index is 1120. The van der Waals surface area contributed by atoms with Gasteiger partial charge in [-0.2, -0.15) is 4.52 Å². The lowest BCUT2D eigenvalue weighted by molar-refractivity contribution is 0.0944. The first-order valence-electron chi connectivity index (χ1n) is 9.42. The van der Waals surface area contributed by atoms with Crippen LogP contribution in [0.25, 0.3) is 5.65 Å². The number of carbonyl (C=O) groups is 1. The van der Waals surface area contributed by atoms with Crippen molar-refractivity contribution >= 4 is 23.2 Å². The second-order valence-corrected chi connectivity index (χ2v) is 8.42. The molecule has 1 aliphatic rings. The lowest BCUT2D eigenvalue weighted by Gasteiger charge is -2.21. The molecule has 0 aromatic carbocycles. The zero-order valence-electron chi connectivity index (χ0n) is 16.5. The van der Waals surface area contributed by atoms with E-state index < -0.39 is 17.3 Å². The van der Waals surface area contributed by atoms with Crippen molar-refractivity contribution in [3.63, 3.8) is 0 Å². The molecule has 0 aliphatic heterocycles. The Morgan fingerprint density at radius 2 is 2.07 bits per heavy atom.